The Morgan fingerprint density at radius 3 is 2.20 bits per heavy atom. The van der Waals surface area contributed by atoms with E-state index in [2.05, 4.69) is 29.1 Å². The summed E-state index contributed by atoms with van der Waals surface area (Å²) in [6, 6.07) is 5.04. The molecule has 10 heteroatoms. The third-order valence-electron chi connectivity index (χ3n) is 10.8. The summed E-state index contributed by atoms with van der Waals surface area (Å²) in [5, 5.41) is 13.2. The molecule has 0 unspecified atom stereocenters. The van der Waals surface area contributed by atoms with Gasteiger partial charge in [0.15, 0.2) is 0 Å². The number of phenols is 1. The van der Waals surface area contributed by atoms with Crippen LogP contribution in [0.3, 0.4) is 0 Å². The van der Waals surface area contributed by atoms with Crippen LogP contribution < -0.4 is 10.2 Å². The van der Waals surface area contributed by atoms with Gasteiger partial charge in [0, 0.05) is 30.8 Å². The third-order valence-corrected chi connectivity index (χ3v) is 10.8. The predicted octanol–water partition coefficient (Wildman–Crippen LogP) is 6.77. The molecule has 1 aromatic carbocycles. The van der Waals surface area contributed by atoms with Crippen molar-refractivity contribution in [2.45, 2.75) is 109 Å². The number of hydrogen-bond donors (Lipinski definition) is 2. The van der Waals surface area contributed by atoms with Gasteiger partial charge >= 0.3 is 5.97 Å². The highest BCUT2D eigenvalue weighted by Crippen LogP contribution is 2.59. The number of nitrogens with one attached hydrogen (secondary N) is 1. The molecular weight excluding hydrogens is 566 g/mol. The number of phenolic OH excluding ortho intramolecular Hbond substituents is 1. The molecule has 7 rings (SSSR count). The topological polar surface area (TPSA) is 105 Å². The van der Waals surface area contributed by atoms with Crippen molar-refractivity contribution in [2.75, 3.05) is 11.4 Å². The fourth-order valence-corrected chi connectivity index (χ4v) is 8.83. The Labute approximate surface area is 258 Å². The summed E-state index contributed by atoms with van der Waals surface area (Å²) in [6.45, 7) is 10.7. The van der Waals surface area contributed by atoms with Crippen LogP contribution in [0.15, 0.2) is 24.4 Å². The molecule has 0 atom stereocenters. The Balaban J connectivity index is 1.38. The van der Waals surface area contributed by atoms with Gasteiger partial charge in [0.05, 0.1) is 5.56 Å². The number of fused-ring (bicyclic) bond motifs is 1. The van der Waals surface area contributed by atoms with Crippen molar-refractivity contribution in [1.29, 1.82) is 0 Å². The SMILES string of the molecule is CCC1(CC)CN(c2ncc(C(=O)NC3(C(=O)OC(C)(C)C)C4CC5CC(C4)CC3C5)c(C(C)(F)F)n2)c2ccc(O)cc21. The zero-order valence-corrected chi connectivity index (χ0v) is 26.5. The maximum Gasteiger partial charge on any atom is 0.332 e. The van der Waals surface area contributed by atoms with Gasteiger partial charge in [-0.15, -0.1) is 0 Å². The number of hydrogen-bond acceptors (Lipinski definition) is 7. The molecule has 8 nitrogen and oxygen atoms in total. The Morgan fingerprint density at radius 2 is 1.66 bits per heavy atom. The van der Waals surface area contributed by atoms with Crippen molar-refractivity contribution in [1.82, 2.24) is 15.3 Å². The van der Waals surface area contributed by atoms with Crippen molar-refractivity contribution >= 4 is 23.5 Å². The van der Waals surface area contributed by atoms with E-state index in [9.17, 15) is 14.7 Å². The molecule has 2 N–H and O–H groups in total. The second-order valence-electron chi connectivity index (χ2n) is 14.7. The van der Waals surface area contributed by atoms with Crippen molar-refractivity contribution in [3.8, 4) is 5.75 Å². The maximum absolute atomic E-state index is 15.3. The predicted molar refractivity (Wildman–Crippen MR) is 162 cm³/mol. The van der Waals surface area contributed by atoms with Gasteiger partial charge in [0.25, 0.3) is 11.8 Å². The maximum atomic E-state index is 15.3. The number of rotatable bonds is 7. The standard InChI is InChI=1S/C34H44F2N4O4/c1-7-33(8-2)18-40(26-10-9-23(41)16-25(26)33)30-37-17-24(27(38-30)32(6,35)36)28(42)39-34(29(43)44-31(3,4)5)21-12-19-11-20(14-21)15-22(34)13-19/h9-10,16-17,19-22,41H,7-8,11-15,18H2,1-6H3,(H,39,42). The molecule has 0 saturated heterocycles. The molecule has 5 aliphatic rings. The van der Waals surface area contributed by atoms with E-state index in [1.54, 1.807) is 43.9 Å². The smallest absolute Gasteiger partial charge is 0.332 e. The molecule has 4 aliphatic carbocycles. The van der Waals surface area contributed by atoms with Gasteiger partial charge in [-0.25, -0.2) is 14.8 Å². The minimum absolute atomic E-state index is 0.0604. The van der Waals surface area contributed by atoms with Crippen LogP contribution in [0.25, 0.3) is 0 Å². The second-order valence-corrected chi connectivity index (χ2v) is 14.7. The number of anilines is 2. The van der Waals surface area contributed by atoms with Gasteiger partial charge in [-0.1, -0.05) is 13.8 Å². The monoisotopic (exact) mass is 610 g/mol. The number of ether oxygens (including phenoxy) is 1. The van der Waals surface area contributed by atoms with Crippen molar-refractivity contribution < 1.29 is 28.2 Å². The summed E-state index contributed by atoms with van der Waals surface area (Å²) in [5.41, 5.74) is -1.75. The van der Waals surface area contributed by atoms with E-state index in [1.165, 1.54) is 6.20 Å². The number of carbonyl (C=O) groups excluding carboxylic acids is 2. The van der Waals surface area contributed by atoms with E-state index in [0.29, 0.717) is 18.4 Å². The molecule has 1 aliphatic heterocycles. The molecule has 1 aromatic heterocycles. The zero-order valence-electron chi connectivity index (χ0n) is 26.5. The zero-order chi connectivity index (χ0) is 31.8. The van der Waals surface area contributed by atoms with Gasteiger partial charge < -0.3 is 20.1 Å². The average Bonchev–Trinajstić information content (AvgIpc) is 3.26. The molecular formula is C34H44F2N4O4. The quantitative estimate of drug-likeness (QED) is 0.334. The lowest BCUT2D eigenvalue weighted by Crippen LogP contribution is -2.71. The number of aromatic nitrogens is 2. The Kier molecular flexibility index (Phi) is 7.24. The van der Waals surface area contributed by atoms with E-state index in [0.717, 1.165) is 63.1 Å². The summed E-state index contributed by atoms with van der Waals surface area (Å²) in [4.78, 5) is 38.6. The van der Waals surface area contributed by atoms with E-state index in [4.69, 9.17) is 4.74 Å². The van der Waals surface area contributed by atoms with Crippen molar-refractivity contribution in [2.24, 2.45) is 23.7 Å². The molecule has 4 bridgehead atoms. The molecule has 4 fully saturated rings. The highest BCUT2D eigenvalue weighted by atomic mass is 19.3. The number of alkyl halides is 2. The van der Waals surface area contributed by atoms with Gasteiger partial charge in [-0.2, -0.15) is 8.78 Å². The van der Waals surface area contributed by atoms with Crippen LogP contribution in [0.2, 0.25) is 0 Å². The summed E-state index contributed by atoms with van der Waals surface area (Å²) in [7, 11) is 0. The first-order chi connectivity index (χ1) is 20.6. The van der Waals surface area contributed by atoms with E-state index >= 15 is 8.78 Å². The lowest BCUT2D eigenvalue weighted by molar-refractivity contribution is -0.180. The number of esters is 1. The number of amides is 1. The van der Waals surface area contributed by atoms with Crippen molar-refractivity contribution in [3.05, 3.63) is 41.2 Å². The first kappa shape index (κ1) is 30.7. The van der Waals surface area contributed by atoms with Crippen LogP contribution in [0.4, 0.5) is 20.4 Å². The van der Waals surface area contributed by atoms with Crippen LogP contribution in [-0.4, -0.2) is 44.6 Å². The molecule has 4 saturated carbocycles. The van der Waals surface area contributed by atoms with Crippen LogP contribution in [0.1, 0.15) is 108 Å². The lowest BCUT2D eigenvalue weighted by atomic mass is 9.48. The number of nitrogens with zero attached hydrogens (tertiary/aromatic N) is 3. The van der Waals surface area contributed by atoms with Gasteiger partial charge in [-0.3, -0.25) is 4.79 Å². The Bertz CT molecular complexity index is 1450. The molecule has 44 heavy (non-hydrogen) atoms. The fourth-order valence-electron chi connectivity index (χ4n) is 8.83. The molecule has 0 radical (unpaired) electrons. The Hall–Kier alpha value is -3.30. The fraction of sp³-hybridized carbons (Fsp3) is 0.647. The molecule has 2 aromatic rings. The number of aromatic hydroxyl groups is 1. The molecule has 0 spiro atoms. The average molecular weight is 611 g/mol. The second kappa shape index (κ2) is 10.4. The first-order valence-electron chi connectivity index (χ1n) is 16.0. The lowest BCUT2D eigenvalue weighted by Gasteiger charge is -2.59. The van der Waals surface area contributed by atoms with Crippen LogP contribution in [-0.2, 0) is 20.9 Å². The Morgan fingerprint density at radius 1 is 1.05 bits per heavy atom. The normalized spacial score (nSPS) is 28.6. The number of benzene rings is 1. The minimum Gasteiger partial charge on any atom is -0.508 e. The van der Waals surface area contributed by atoms with Crippen molar-refractivity contribution in [3.63, 3.8) is 0 Å². The summed E-state index contributed by atoms with van der Waals surface area (Å²) < 4.78 is 36.5. The van der Waals surface area contributed by atoms with Gasteiger partial charge in [-0.05, 0) is 113 Å². The molecule has 2 heterocycles. The summed E-state index contributed by atoms with van der Waals surface area (Å²) >= 11 is 0. The highest BCUT2D eigenvalue weighted by Gasteiger charge is 2.63. The summed E-state index contributed by atoms with van der Waals surface area (Å²) in [5.74, 6) is -3.75. The highest BCUT2D eigenvalue weighted by molar-refractivity contribution is 5.99. The van der Waals surface area contributed by atoms with E-state index in [1.807, 2.05) is 0 Å². The van der Waals surface area contributed by atoms with Gasteiger partial charge in [0.1, 0.15) is 22.6 Å². The largest absolute Gasteiger partial charge is 0.508 e. The van der Waals surface area contributed by atoms with Crippen LogP contribution in [0, 0.1) is 23.7 Å². The molecule has 238 valence electrons. The third kappa shape index (κ3) is 4.92. The summed E-state index contributed by atoms with van der Waals surface area (Å²) in [6.07, 6.45) is 7.07. The first-order valence-corrected chi connectivity index (χ1v) is 16.0. The van der Waals surface area contributed by atoms with Crippen LogP contribution >= 0.6 is 0 Å². The van der Waals surface area contributed by atoms with Crippen LogP contribution in [0.5, 0.6) is 5.75 Å². The molecule has 1 amide bonds. The number of halogens is 2. The van der Waals surface area contributed by atoms with Gasteiger partial charge in [0.2, 0.25) is 5.95 Å². The van der Waals surface area contributed by atoms with E-state index < -0.39 is 34.6 Å². The number of carbonyl (C=O) groups is 2. The minimum atomic E-state index is -3.46. The van der Waals surface area contributed by atoms with E-state index in [-0.39, 0.29) is 34.5 Å².